The van der Waals surface area contributed by atoms with E-state index in [0.717, 1.165) is 23.0 Å². The van der Waals surface area contributed by atoms with E-state index in [4.69, 9.17) is 0 Å². The molecule has 1 amide bonds. The predicted octanol–water partition coefficient (Wildman–Crippen LogP) is 2.68. The van der Waals surface area contributed by atoms with Gasteiger partial charge in [-0.15, -0.1) is 12.4 Å². The van der Waals surface area contributed by atoms with E-state index in [0.29, 0.717) is 18.2 Å². The third-order valence-electron chi connectivity index (χ3n) is 3.28. The second kappa shape index (κ2) is 7.40. The van der Waals surface area contributed by atoms with Crippen molar-refractivity contribution in [2.24, 2.45) is 0 Å². The van der Waals surface area contributed by atoms with Gasteiger partial charge in [-0.1, -0.05) is 0 Å². The standard InChI is InChI=1S/C13H16FIN2O.ClH/c1-16-10-3-2-6-17(8-10)13(18)11-7-9(14)4-5-12(11)15;/h4-5,7,10,16H,2-3,6,8H2,1H3;1H. The van der Waals surface area contributed by atoms with Crippen LogP contribution in [-0.2, 0) is 0 Å². The number of nitrogens with one attached hydrogen (secondary N) is 1. The van der Waals surface area contributed by atoms with Crippen LogP contribution < -0.4 is 5.32 Å². The number of nitrogens with zero attached hydrogens (tertiary/aromatic N) is 1. The van der Waals surface area contributed by atoms with E-state index in [1.807, 2.05) is 11.9 Å². The maximum atomic E-state index is 13.2. The largest absolute Gasteiger partial charge is 0.337 e. The molecule has 6 heteroatoms. The Hall–Kier alpha value is -0.400. The quantitative estimate of drug-likeness (QED) is 0.777. The Labute approximate surface area is 132 Å². The number of likely N-dealkylation sites (tertiary alicyclic amines) is 1. The minimum absolute atomic E-state index is 0. The van der Waals surface area contributed by atoms with Gasteiger partial charge in [0.25, 0.3) is 5.91 Å². The molecular formula is C13H17ClFIN2O. The van der Waals surface area contributed by atoms with Gasteiger partial charge < -0.3 is 10.2 Å². The SMILES string of the molecule is CNC1CCCN(C(=O)c2cc(F)ccc2I)C1.Cl. The number of hydrogen-bond acceptors (Lipinski definition) is 2. The number of benzene rings is 1. The lowest BCUT2D eigenvalue weighted by atomic mass is 10.0. The smallest absolute Gasteiger partial charge is 0.255 e. The highest BCUT2D eigenvalue weighted by molar-refractivity contribution is 14.1. The highest BCUT2D eigenvalue weighted by atomic mass is 127. The molecule has 0 bridgehead atoms. The molecule has 19 heavy (non-hydrogen) atoms. The Kier molecular flexibility index (Phi) is 6.49. The van der Waals surface area contributed by atoms with Crippen molar-refractivity contribution in [1.82, 2.24) is 10.2 Å². The molecule has 0 saturated carbocycles. The molecule has 1 aliphatic rings. The molecular weight excluding hydrogens is 382 g/mol. The van der Waals surface area contributed by atoms with Crippen molar-refractivity contribution in [3.8, 4) is 0 Å². The van der Waals surface area contributed by atoms with Gasteiger partial charge in [-0.05, 0) is 60.7 Å². The van der Waals surface area contributed by atoms with Crippen LogP contribution in [0.3, 0.4) is 0 Å². The number of piperidine rings is 1. The summed E-state index contributed by atoms with van der Waals surface area (Å²) in [5.41, 5.74) is 0.465. The van der Waals surface area contributed by atoms with Gasteiger partial charge in [0.15, 0.2) is 0 Å². The minimum Gasteiger partial charge on any atom is -0.337 e. The second-order valence-corrected chi connectivity index (χ2v) is 5.67. The fourth-order valence-electron chi connectivity index (χ4n) is 2.23. The summed E-state index contributed by atoms with van der Waals surface area (Å²) >= 11 is 2.07. The van der Waals surface area contributed by atoms with Gasteiger partial charge in [-0.25, -0.2) is 4.39 Å². The van der Waals surface area contributed by atoms with Crippen molar-refractivity contribution in [1.29, 1.82) is 0 Å². The number of likely N-dealkylation sites (N-methyl/N-ethyl adjacent to an activating group) is 1. The summed E-state index contributed by atoms with van der Waals surface area (Å²) in [5.74, 6) is -0.431. The lowest BCUT2D eigenvalue weighted by molar-refractivity contribution is 0.0696. The van der Waals surface area contributed by atoms with E-state index in [1.54, 1.807) is 6.07 Å². The zero-order valence-electron chi connectivity index (χ0n) is 10.7. The van der Waals surface area contributed by atoms with Crippen LogP contribution >= 0.6 is 35.0 Å². The number of amides is 1. The van der Waals surface area contributed by atoms with Crippen molar-refractivity contribution in [3.05, 3.63) is 33.1 Å². The molecule has 1 aromatic rings. The summed E-state index contributed by atoms with van der Waals surface area (Å²) < 4.78 is 14.0. The molecule has 0 aliphatic carbocycles. The van der Waals surface area contributed by atoms with Crippen LogP contribution in [0.25, 0.3) is 0 Å². The molecule has 0 radical (unpaired) electrons. The Bertz CT molecular complexity index is 458. The third-order valence-corrected chi connectivity index (χ3v) is 4.22. The molecule has 1 N–H and O–H groups in total. The topological polar surface area (TPSA) is 32.3 Å². The maximum absolute atomic E-state index is 13.2. The van der Waals surface area contributed by atoms with Gasteiger partial charge in [0.1, 0.15) is 5.82 Å². The zero-order valence-corrected chi connectivity index (χ0v) is 13.6. The number of carbonyl (C=O) groups excluding carboxylic acids is 1. The summed E-state index contributed by atoms with van der Waals surface area (Å²) in [7, 11) is 1.91. The molecule has 3 nitrogen and oxygen atoms in total. The molecule has 2 rings (SSSR count). The Morgan fingerprint density at radius 2 is 2.26 bits per heavy atom. The van der Waals surface area contributed by atoms with Crippen LogP contribution in [0, 0.1) is 9.39 Å². The first-order valence-electron chi connectivity index (χ1n) is 6.03. The summed E-state index contributed by atoms with van der Waals surface area (Å²) in [6, 6.07) is 4.69. The average Bonchev–Trinajstić information content (AvgIpc) is 2.41. The summed E-state index contributed by atoms with van der Waals surface area (Å²) in [5, 5.41) is 3.20. The van der Waals surface area contributed by atoms with Crippen LogP contribution in [0.15, 0.2) is 18.2 Å². The first kappa shape index (κ1) is 16.7. The van der Waals surface area contributed by atoms with Crippen molar-refractivity contribution in [2.75, 3.05) is 20.1 Å². The predicted molar refractivity (Wildman–Crippen MR) is 84.4 cm³/mol. The molecule has 0 aromatic heterocycles. The highest BCUT2D eigenvalue weighted by Gasteiger charge is 2.24. The van der Waals surface area contributed by atoms with Crippen molar-refractivity contribution in [3.63, 3.8) is 0 Å². The van der Waals surface area contributed by atoms with Crippen LogP contribution in [0.1, 0.15) is 23.2 Å². The fourth-order valence-corrected chi connectivity index (χ4v) is 2.80. The van der Waals surface area contributed by atoms with Crippen LogP contribution in [0.5, 0.6) is 0 Å². The monoisotopic (exact) mass is 398 g/mol. The second-order valence-electron chi connectivity index (χ2n) is 4.50. The summed E-state index contributed by atoms with van der Waals surface area (Å²) in [4.78, 5) is 14.2. The molecule has 1 unspecified atom stereocenters. The molecule has 0 spiro atoms. The van der Waals surface area contributed by atoms with E-state index in [9.17, 15) is 9.18 Å². The first-order chi connectivity index (χ1) is 8.61. The van der Waals surface area contributed by atoms with Gasteiger partial charge in [0.05, 0.1) is 5.56 Å². The molecule has 1 fully saturated rings. The molecule has 1 aliphatic heterocycles. The van der Waals surface area contributed by atoms with E-state index in [-0.39, 0.29) is 24.1 Å². The minimum atomic E-state index is -0.360. The Morgan fingerprint density at radius 3 is 2.95 bits per heavy atom. The van der Waals surface area contributed by atoms with Crippen molar-refractivity contribution in [2.45, 2.75) is 18.9 Å². The van der Waals surface area contributed by atoms with Crippen LogP contribution in [0.2, 0.25) is 0 Å². The van der Waals surface area contributed by atoms with E-state index < -0.39 is 0 Å². The van der Waals surface area contributed by atoms with Gasteiger partial charge in [-0.2, -0.15) is 0 Å². The van der Waals surface area contributed by atoms with Gasteiger partial charge in [-0.3, -0.25) is 4.79 Å². The van der Waals surface area contributed by atoms with Gasteiger partial charge in [0.2, 0.25) is 0 Å². The van der Waals surface area contributed by atoms with Crippen LogP contribution in [0.4, 0.5) is 4.39 Å². The average molecular weight is 399 g/mol. The lowest BCUT2D eigenvalue weighted by Crippen LogP contribution is -2.47. The number of rotatable bonds is 2. The number of hydrogen-bond donors (Lipinski definition) is 1. The zero-order chi connectivity index (χ0) is 13.1. The van der Waals surface area contributed by atoms with Crippen molar-refractivity contribution < 1.29 is 9.18 Å². The normalized spacial score (nSPS) is 18.9. The lowest BCUT2D eigenvalue weighted by Gasteiger charge is -2.32. The van der Waals surface area contributed by atoms with E-state index >= 15 is 0 Å². The van der Waals surface area contributed by atoms with Crippen molar-refractivity contribution >= 4 is 40.9 Å². The van der Waals surface area contributed by atoms with E-state index in [2.05, 4.69) is 27.9 Å². The van der Waals surface area contributed by atoms with Gasteiger partial charge >= 0.3 is 0 Å². The summed E-state index contributed by atoms with van der Waals surface area (Å²) in [6.07, 6.45) is 2.07. The highest BCUT2D eigenvalue weighted by Crippen LogP contribution is 2.19. The molecule has 1 atom stereocenters. The molecule has 1 heterocycles. The Balaban J connectivity index is 0.00000180. The van der Waals surface area contributed by atoms with Crippen LogP contribution in [-0.4, -0.2) is 37.0 Å². The Morgan fingerprint density at radius 1 is 1.53 bits per heavy atom. The summed E-state index contributed by atoms with van der Waals surface area (Å²) in [6.45, 7) is 1.45. The number of halogens is 3. The first-order valence-corrected chi connectivity index (χ1v) is 7.11. The third kappa shape index (κ3) is 4.03. The molecule has 1 saturated heterocycles. The number of carbonyl (C=O) groups is 1. The molecule has 106 valence electrons. The van der Waals surface area contributed by atoms with E-state index in [1.165, 1.54) is 12.1 Å². The molecule has 1 aromatic carbocycles. The fraction of sp³-hybridized carbons (Fsp3) is 0.462. The van der Waals surface area contributed by atoms with Gasteiger partial charge in [0, 0.05) is 22.7 Å². The maximum Gasteiger partial charge on any atom is 0.255 e.